The Bertz CT molecular complexity index is 246. The van der Waals surface area contributed by atoms with Gasteiger partial charge in [-0.2, -0.15) is 0 Å². The molecule has 1 saturated heterocycles. The van der Waals surface area contributed by atoms with Crippen LogP contribution in [-0.2, 0) is 0 Å². The van der Waals surface area contributed by atoms with Crippen molar-refractivity contribution < 1.29 is 0 Å². The lowest BCUT2D eigenvalue weighted by Gasteiger charge is -2.49. The van der Waals surface area contributed by atoms with Crippen LogP contribution < -0.4 is 5.32 Å². The van der Waals surface area contributed by atoms with Crippen LogP contribution in [0.4, 0.5) is 0 Å². The Hall–Kier alpha value is -0.0800. The third-order valence-electron chi connectivity index (χ3n) is 5.26. The highest BCUT2D eigenvalue weighted by Crippen LogP contribution is 2.31. The minimum atomic E-state index is 0.480. The number of unbranched alkanes of at least 4 members (excludes halogenated alkanes) is 4. The van der Waals surface area contributed by atoms with E-state index in [1.807, 2.05) is 0 Å². The Morgan fingerprint density at radius 2 is 1.79 bits per heavy atom. The van der Waals surface area contributed by atoms with Crippen LogP contribution in [-0.4, -0.2) is 36.1 Å². The largest absolute Gasteiger partial charge is 0.308 e. The third kappa shape index (κ3) is 4.46. The van der Waals surface area contributed by atoms with Crippen molar-refractivity contribution in [2.75, 3.05) is 19.6 Å². The molecule has 2 heteroatoms. The van der Waals surface area contributed by atoms with Gasteiger partial charge in [-0.15, -0.1) is 0 Å². The Morgan fingerprint density at radius 1 is 1.05 bits per heavy atom. The lowest BCUT2D eigenvalue weighted by atomic mass is 9.79. The summed E-state index contributed by atoms with van der Waals surface area (Å²) in [5.41, 5.74) is 0.480. The van der Waals surface area contributed by atoms with Gasteiger partial charge in [0.25, 0.3) is 0 Å². The quantitative estimate of drug-likeness (QED) is 0.732. The molecule has 1 atom stereocenters. The van der Waals surface area contributed by atoms with Crippen LogP contribution in [0.15, 0.2) is 0 Å². The smallest absolute Gasteiger partial charge is 0.0309 e. The standard InChI is InChI=1S/C17H34N2/c1-3-4-5-6-10-13-19-15-17(18-14-16(19)2)11-8-7-9-12-17/h16,18H,3-15H2,1-2H3. The zero-order valence-electron chi connectivity index (χ0n) is 13.2. The van der Waals surface area contributed by atoms with Gasteiger partial charge >= 0.3 is 0 Å². The van der Waals surface area contributed by atoms with Gasteiger partial charge in [0.05, 0.1) is 0 Å². The summed E-state index contributed by atoms with van der Waals surface area (Å²) in [6.07, 6.45) is 14.2. The molecule has 0 radical (unpaired) electrons. The summed E-state index contributed by atoms with van der Waals surface area (Å²) in [7, 11) is 0. The zero-order chi connectivity index (χ0) is 13.6. The van der Waals surface area contributed by atoms with Gasteiger partial charge in [-0.1, -0.05) is 51.9 Å². The fourth-order valence-electron chi connectivity index (χ4n) is 3.88. The number of piperazine rings is 1. The van der Waals surface area contributed by atoms with Crippen LogP contribution in [0.3, 0.4) is 0 Å². The molecule has 0 amide bonds. The molecule has 0 bridgehead atoms. The SMILES string of the molecule is CCCCCCCN1CC2(CCCCC2)NCC1C. The first-order valence-electron chi connectivity index (χ1n) is 8.75. The molecular weight excluding hydrogens is 232 g/mol. The molecule has 1 aliphatic heterocycles. The van der Waals surface area contributed by atoms with Crippen LogP contribution in [0.1, 0.15) is 78.1 Å². The number of rotatable bonds is 6. The molecule has 0 aromatic heterocycles. The molecule has 1 unspecified atom stereocenters. The van der Waals surface area contributed by atoms with E-state index in [4.69, 9.17) is 0 Å². The topological polar surface area (TPSA) is 15.3 Å². The first-order chi connectivity index (χ1) is 9.26. The van der Waals surface area contributed by atoms with Gasteiger partial charge in [-0.3, -0.25) is 4.90 Å². The van der Waals surface area contributed by atoms with E-state index in [2.05, 4.69) is 24.1 Å². The second-order valence-electron chi connectivity index (χ2n) is 6.96. The number of hydrogen-bond acceptors (Lipinski definition) is 2. The fourth-order valence-corrected chi connectivity index (χ4v) is 3.88. The van der Waals surface area contributed by atoms with E-state index in [9.17, 15) is 0 Å². The van der Waals surface area contributed by atoms with Crippen molar-refractivity contribution in [3.05, 3.63) is 0 Å². The molecule has 1 saturated carbocycles. The predicted octanol–water partition coefficient (Wildman–Crippen LogP) is 3.95. The summed E-state index contributed by atoms with van der Waals surface area (Å²) in [4.78, 5) is 2.77. The molecule has 2 nitrogen and oxygen atoms in total. The van der Waals surface area contributed by atoms with Crippen molar-refractivity contribution in [3.8, 4) is 0 Å². The van der Waals surface area contributed by atoms with E-state index >= 15 is 0 Å². The maximum atomic E-state index is 3.88. The summed E-state index contributed by atoms with van der Waals surface area (Å²) in [6, 6.07) is 0.735. The van der Waals surface area contributed by atoms with Gasteiger partial charge in [-0.25, -0.2) is 0 Å². The molecule has 1 N–H and O–H groups in total. The molecular formula is C17H34N2. The number of nitrogens with zero attached hydrogens (tertiary/aromatic N) is 1. The van der Waals surface area contributed by atoms with Crippen molar-refractivity contribution in [2.45, 2.75) is 89.6 Å². The maximum absolute atomic E-state index is 3.88. The van der Waals surface area contributed by atoms with Crippen LogP contribution in [0.2, 0.25) is 0 Å². The van der Waals surface area contributed by atoms with Crippen LogP contribution in [0.25, 0.3) is 0 Å². The Labute approximate surface area is 120 Å². The second-order valence-corrected chi connectivity index (χ2v) is 6.96. The number of nitrogens with one attached hydrogen (secondary N) is 1. The maximum Gasteiger partial charge on any atom is 0.0309 e. The van der Waals surface area contributed by atoms with Crippen molar-refractivity contribution in [3.63, 3.8) is 0 Å². The second kappa shape index (κ2) is 7.64. The Morgan fingerprint density at radius 3 is 2.53 bits per heavy atom. The highest BCUT2D eigenvalue weighted by atomic mass is 15.2. The zero-order valence-corrected chi connectivity index (χ0v) is 13.2. The third-order valence-corrected chi connectivity index (χ3v) is 5.26. The van der Waals surface area contributed by atoms with Gasteiger partial charge in [0, 0.05) is 24.7 Å². The highest BCUT2D eigenvalue weighted by Gasteiger charge is 2.38. The first kappa shape index (κ1) is 15.3. The van der Waals surface area contributed by atoms with E-state index in [1.165, 1.54) is 83.8 Å². The molecule has 2 fully saturated rings. The molecule has 1 heterocycles. The average Bonchev–Trinajstić information content (AvgIpc) is 2.44. The highest BCUT2D eigenvalue weighted by molar-refractivity contribution is 4.98. The minimum absolute atomic E-state index is 0.480. The summed E-state index contributed by atoms with van der Waals surface area (Å²) in [5.74, 6) is 0. The Kier molecular flexibility index (Phi) is 6.15. The van der Waals surface area contributed by atoms with Crippen LogP contribution >= 0.6 is 0 Å². The van der Waals surface area contributed by atoms with Gasteiger partial charge in [0.1, 0.15) is 0 Å². The van der Waals surface area contributed by atoms with Gasteiger partial charge < -0.3 is 5.32 Å². The van der Waals surface area contributed by atoms with Gasteiger partial charge in [-0.05, 0) is 32.7 Å². The molecule has 112 valence electrons. The predicted molar refractivity (Wildman–Crippen MR) is 83.6 cm³/mol. The average molecular weight is 266 g/mol. The molecule has 1 aliphatic carbocycles. The normalized spacial score (nSPS) is 27.8. The first-order valence-corrected chi connectivity index (χ1v) is 8.75. The van der Waals surface area contributed by atoms with Crippen molar-refractivity contribution in [1.29, 1.82) is 0 Å². The summed E-state index contributed by atoms with van der Waals surface area (Å²) >= 11 is 0. The minimum Gasteiger partial charge on any atom is -0.308 e. The summed E-state index contributed by atoms with van der Waals surface area (Å²) in [6.45, 7) is 8.53. The lowest BCUT2D eigenvalue weighted by molar-refractivity contribution is 0.0615. The van der Waals surface area contributed by atoms with Gasteiger partial charge in [0.15, 0.2) is 0 Å². The van der Waals surface area contributed by atoms with Crippen molar-refractivity contribution in [2.24, 2.45) is 0 Å². The fraction of sp³-hybridized carbons (Fsp3) is 1.00. The van der Waals surface area contributed by atoms with Crippen molar-refractivity contribution >= 4 is 0 Å². The molecule has 0 aromatic carbocycles. The lowest BCUT2D eigenvalue weighted by Crippen LogP contribution is -2.64. The van der Waals surface area contributed by atoms with Crippen molar-refractivity contribution in [1.82, 2.24) is 10.2 Å². The van der Waals surface area contributed by atoms with E-state index in [0.29, 0.717) is 5.54 Å². The van der Waals surface area contributed by atoms with Crippen LogP contribution in [0.5, 0.6) is 0 Å². The Balaban J connectivity index is 1.74. The molecule has 2 rings (SSSR count). The van der Waals surface area contributed by atoms with Crippen LogP contribution in [0, 0.1) is 0 Å². The van der Waals surface area contributed by atoms with E-state index in [-0.39, 0.29) is 0 Å². The molecule has 0 aromatic rings. The summed E-state index contributed by atoms with van der Waals surface area (Å²) in [5, 5.41) is 3.88. The molecule has 1 spiro atoms. The monoisotopic (exact) mass is 266 g/mol. The van der Waals surface area contributed by atoms with E-state index in [0.717, 1.165) is 6.04 Å². The molecule has 2 aliphatic rings. The molecule has 19 heavy (non-hydrogen) atoms. The summed E-state index contributed by atoms with van der Waals surface area (Å²) < 4.78 is 0. The van der Waals surface area contributed by atoms with E-state index in [1.54, 1.807) is 0 Å². The van der Waals surface area contributed by atoms with E-state index < -0.39 is 0 Å². The van der Waals surface area contributed by atoms with Gasteiger partial charge in [0.2, 0.25) is 0 Å². The number of hydrogen-bond donors (Lipinski definition) is 1.